The summed E-state index contributed by atoms with van der Waals surface area (Å²) in [5, 5.41) is 0. The standard InChI is InChI=1S/C13H8BrFN2O2S/c14-9-6-13-12(16-8-9)4-5-17(13)20(18,19)11-3-1-2-10(15)7-11/h1-8H. The fourth-order valence-electron chi connectivity index (χ4n) is 1.91. The van der Waals surface area contributed by atoms with E-state index in [2.05, 4.69) is 20.9 Å². The van der Waals surface area contributed by atoms with Crippen LogP contribution in [0.1, 0.15) is 0 Å². The number of halogens is 2. The molecule has 0 spiro atoms. The molecular weight excluding hydrogens is 347 g/mol. The molecule has 0 saturated heterocycles. The van der Waals surface area contributed by atoms with Gasteiger partial charge in [0.25, 0.3) is 10.0 Å². The largest absolute Gasteiger partial charge is 0.268 e. The zero-order chi connectivity index (χ0) is 14.3. The van der Waals surface area contributed by atoms with Crippen molar-refractivity contribution >= 4 is 37.0 Å². The van der Waals surface area contributed by atoms with Crippen LogP contribution in [0.15, 0.2) is 58.2 Å². The van der Waals surface area contributed by atoms with Crippen molar-refractivity contribution < 1.29 is 12.8 Å². The summed E-state index contributed by atoms with van der Waals surface area (Å²) in [4.78, 5) is 4.02. The molecule has 1 aromatic carbocycles. The average Bonchev–Trinajstić information content (AvgIpc) is 2.82. The van der Waals surface area contributed by atoms with E-state index in [4.69, 9.17) is 0 Å². The first-order valence-corrected chi connectivity index (χ1v) is 7.85. The monoisotopic (exact) mass is 354 g/mol. The molecule has 0 unspecified atom stereocenters. The highest BCUT2D eigenvalue weighted by Gasteiger charge is 2.19. The molecule has 4 nitrogen and oxygen atoms in total. The number of aromatic nitrogens is 2. The molecule has 0 N–H and O–H groups in total. The quantitative estimate of drug-likeness (QED) is 0.710. The highest BCUT2D eigenvalue weighted by Crippen LogP contribution is 2.23. The molecule has 0 aliphatic heterocycles. The van der Waals surface area contributed by atoms with Gasteiger partial charge >= 0.3 is 0 Å². The molecule has 0 aliphatic rings. The fourth-order valence-corrected chi connectivity index (χ4v) is 3.60. The number of hydrogen-bond acceptors (Lipinski definition) is 3. The van der Waals surface area contributed by atoms with Crippen molar-refractivity contribution in [3.63, 3.8) is 0 Å². The third kappa shape index (κ3) is 2.12. The van der Waals surface area contributed by atoms with Crippen molar-refractivity contribution in [1.29, 1.82) is 0 Å². The van der Waals surface area contributed by atoms with E-state index in [0.29, 0.717) is 15.5 Å². The van der Waals surface area contributed by atoms with Crippen LogP contribution in [-0.4, -0.2) is 17.4 Å². The molecule has 0 saturated carbocycles. The Morgan fingerprint density at radius 3 is 2.75 bits per heavy atom. The first kappa shape index (κ1) is 13.3. The number of pyridine rings is 1. The maximum absolute atomic E-state index is 13.2. The molecule has 0 bridgehead atoms. The second-order valence-corrected chi connectivity index (χ2v) is 6.86. The van der Waals surface area contributed by atoms with Crippen LogP contribution in [0, 0.1) is 5.82 Å². The lowest BCUT2D eigenvalue weighted by atomic mass is 10.4. The van der Waals surface area contributed by atoms with Crippen LogP contribution in [0.3, 0.4) is 0 Å². The van der Waals surface area contributed by atoms with Crippen molar-refractivity contribution in [1.82, 2.24) is 8.96 Å². The molecule has 3 rings (SSSR count). The van der Waals surface area contributed by atoms with Crippen molar-refractivity contribution in [2.45, 2.75) is 4.90 Å². The van der Waals surface area contributed by atoms with Gasteiger partial charge in [0.15, 0.2) is 0 Å². The van der Waals surface area contributed by atoms with E-state index < -0.39 is 15.8 Å². The number of fused-ring (bicyclic) bond motifs is 1. The lowest BCUT2D eigenvalue weighted by Gasteiger charge is -2.07. The van der Waals surface area contributed by atoms with Crippen LogP contribution in [0.2, 0.25) is 0 Å². The Morgan fingerprint density at radius 1 is 1.20 bits per heavy atom. The minimum Gasteiger partial charge on any atom is -0.253 e. The normalized spacial score (nSPS) is 11.9. The first-order valence-electron chi connectivity index (χ1n) is 5.62. The third-order valence-electron chi connectivity index (χ3n) is 2.82. The zero-order valence-electron chi connectivity index (χ0n) is 9.99. The molecule has 0 radical (unpaired) electrons. The van der Waals surface area contributed by atoms with E-state index in [9.17, 15) is 12.8 Å². The minimum atomic E-state index is -3.85. The summed E-state index contributed by atoms with van der Waals surface area (Å²) in [5.41, 5.74) is 0.983. The summed E-state index contributed by atoms with van der Waals surface area (Å²) < 4.78 is 40.0. The summed E-state index contributed by atoms with van der Waals surface area (Å²) in [6, 6.07) is 8.16. The van der Waals surface area contributed by atoms with E-state index in [1.54, 1.807) is 18.3 Å². The summed E-state index contributed by atoms with van der Waals surface area (Å²) in [6.45, 7) is 0. The molecule has 7 heteroatoms. The van der Waals surface area contributed by atoms with E-state index in [1.807, 2.05) is 0 Å². The molecule has 0 aliphatic carbocycles. The highest BCUT2D eigenvalue weighted by atomic mass is 79.9. The van der Waals surface area contributed by atoms with Crippen LogP contribution >= 0.6 is 15.9 Å². The van der Waals surface area contributed by atoms with Gasteiger partial charge in [-0.25, -0.2) is 16.8 Å². The average molecular weight is 355 g/mol. The second-order valence-electron chi connectivity index (χ2n) is 4.13. The molecule has 102 valence electrons. The maximum atomic E-state index is 13.2. The SMILES string of the molecule is O=S(=O)(c1cccc(F)c1)n1ccc2ncc(Br)cc21. The van der Waals surface area contributed by atoms with Crippen molar-refractivity contribution in [3.8, 4) is 0 Å². The molecule has 0 amide bonds. The summed E-state index contributed by atoms with van der Waals surface area (Å²) in [6.07, 6.45) is 2.99. The Bertz CT molecular complexity index is 906. The molecule has 0 atom stereocenters. The number of nitrogens with zero attached hydrogens (tertiary/aromatic N) is 2. The highest BCUT2D eigenvalue weighted by molar-refractivity contribution is 9.10. The molecule has 2 heterocycles. The minimum absolute atomic E-state index is 0.102. The molecular formula is C13H8BrFN2O2S. The molecule has 2 aromatic heterocycles. The Morgan fingerprint density at radius 2 is 2.00 bits per heavy atom. The lowest BCUT2D eigenvalue weighted by molar-refractivity contribution is 0.584. The van der Waals surface area contributed by atoms with Gasteiger partial charge in [0.1, 0.15) is 5.82 Å². The zero-order valence-corrected chi connectivity index (χ0v) is 12.4. The van der Waals surface area contributed by atoms with Crippen molar-refractivity contribution in [2.24, 2.45) is 0 Å². The van der Waals surface area contributed by atoms with E-state index >= 15 is 0 Å². The fraction of sp³-hybridized carbons (Fsp3) is 0. The van der Waals surface area contributed by atoms with Gasteiger partial charge in [0.2, 0.25) is 0 Å². The predicted molar refractivity (Wildman–Crippen MR) is 76.4 cm³/mol. The van der Waals surface area contributed by atoms with Gasteiger partial charge in [-0.3, -0.25) is 4.98 Å². The number of benzene rings is 1. The summed E-state index contributed by atoms with van der Waals surface area (Å²) in [5.74, 6) is -0.596. The van der Waals surface area contributed by atoms with Crippen LogP contribution in [-0.2, 0) is 10.0 Å². The lowest BCUT2D eigenvalue weighted by Crippen LogP contribution is -2.12. The number of rotatable bonds is 2. The van der Waals surface area contributed by atoms with Crippen LogP contribution in [0.4, 0.5) is 4.39 Å². The number of hydrogen-bond donors (Lipinski definition) is 0. The van der Waals surface area contributed by atoms with Gasteiger partial charge in [0.05, 0.1) is 15.9 Å². The Hall–Kier alpha value is -1.73. The Kier molecular flexibility index (Phi) is 3.10. The smallest absolute Gasteiger partial charge is 0.253 e. The summed E-state index contributed by atoms with van der Waals surface area (Å²) >= 11 is 3.26. The van der Waals surface area contributed by atoms with Gasteiger partial charge < -0.3 is 0 Å². The van der Waals surface area contributed by atoms with Gasteiger partial charge in [-0.1, -0.05) is 6.07 Å². The van der Waals surface area contributed by atoms with E-state index in [-0.39, 0.29) is 4.90 Å². The summed E-state index contributed by atoms with van der Waals surface area (Å²) in [7, 11) is -3.85. The maximum Gasteiger partial charge on any atom is 0.268 e. The third-order valence-corrected chi connectivity index (χ3v) is 4.94. The topological polar surface area (TPSA) is 52.0 Å². The van der Waals surface area contributed by atoms with Crippen LogP contribution in [0.25, 0.3) is 11.0 Å². The first-order chi connectivity index (χ1) is 9.48. The van der Waals surface area contributed by atoms with Crippen molar-refractivity contribution in [2.75, 3.05) is 0 Å². The predicted octanol–water partition coefficient (Wildman–Crippen LogP) is 3.17. The van der Waals surface area contributed by atoms with Crippen LogP contribution < -0.4 is 0 Å². The molecule has 20 heavy (non-hydrogen) atoms. The van der Waals surface area contributed by atoms with E-state index in [0.717, 1.165) is 10.0 Å². The van der Waals surface area contributed by atoms with Gasteiger partial charge in [-0.05, 0) is 46.3 Å². The second kappa shape index (κ2) is 4.68. The van der Waals surface area contributed by atoms with Gasteiger partial charge in [-0.2, -0.15) is 0 Å². The molecule has 3 aromatic rings. The Labute approximate surface area is 123 Å². The van der Waals surface area contributed by atoms with Crippen molar-refractivity contribution in [3.05, 3.63) is 59.1 Å². The van der Waals surface area contributed by atoms with E-state index in [1.165, 1.54) is 24.4 Å². The van der Waals surface area contributed by atoms with Gasteiger partial charge in [-0.15, -0.1) is 0 Å². The van der Waals surface area contributed by atoms with Gasteiger partial charge in [0, 0.05) is 16.9 Å². The molecule has 0 fully saturated rings. The Balaban J connectivity index is 2.26. The van der Waals surface area contributed by atoms with Crippen LogP contribution in [0.5, 0.6) is 0 Å².